The van der Waals surface area contributed by atoms with Crippen molar-refractivity contribution in [3.05, 3.63) is 35.7 Å². The summed E-state index contributed by atoms with van der Waals surface area (Å²) in [6, 6.07) is 9.15. The highest BCUT2D eigenvalue weighted by Gasteiger charge is 2.08. The molecule has 0 spiro atoms. The van der Waals surface area contributed by atoms with Crippen molar-refractivity contribution < 1.29 is 9.90 Å². The maximum Gasteiger partial charge on any atom is 0.303 e. The van der Waals surface area contributed by atoms with Gasteiger partial charge in [-0.1, -0.05) is 12.1 Å². The first kappa shape index (κ1) is 12.2. The van der Waals surface area contributed by atoms with E-state index in [0.29, 0.717) is 22.8 Å². The summed E-state index contributed by atoms with van der Waals surface area (Å²) in [5, 5.41) is 18.1. The van der Waals surface area contributed by atoms with E-state index >= 15 is 0 Å². The number of nitrogens with zero attached hydrogens (tertiary/aromatic N) is 3. The first-order chi connectivity index (χ1) is 8.69. The van der Waals surface area contributed by atoms with Crippen LogP contribution in [0.15, 0.2) is 24.3 Å². The third-order valence-electron chi connectivity index (χ3n) is 2.27. The summed E-state index contributed by atoms with van der Waals surface area (Å²) in [6.07, 6.45) is 0.345. The fraction of sp³-hybridized carbons (Fsp3) is 0.167. The van der Waals surface area contributed by atoms with Crippen molar-refractivity contribution in [2.75, 3.05) is 0 Å². The highest BCUT2D eigenvalue weighted by atomic mass is 32.1. The zero-order chi connectivity index (χ0) is 13.0. The van der Waals surface area contributed by atoms with E-state index in [9.17, 15) is 4.79 Å². The number of aryl methyl sites for hydroxylation is 1. The Hall–Kier alpha value is -2.26. The average molecular weight is 259 g/mol. The molecule has 0 unspecified atom stereocenters. The maximum atomic E-state index is 10.4. The molecule has 18 heavy (non-hydrogen) atoms. The molecule has 6 heteroatoms. The summed E-state index contributed by atoms with van der Waals surface area (Å²) < 4.78 is 4.10. The lowest BCUT2D eigenvalue weighted by Crippen LogP contribution is -1.98. The lowest BCUT2D eigenvalue weighted by molar-refractivity contribution is -0.137. The van der Waals surface area contributed by atoms with Gasteiger partial charge in [0.2, 0.25) is 0 Å². The van der Waals surface area contributed by atoms with Gasteiger partial charge in [0.25, 0.3) is 0 Å². The van der Waals surface area contributed by atoms with Crippen molar-refractivity contribution in [1.82, 2.24) is 9.36 Å². The van der Waals surface area contributed by atoms with Gasteiger partial charge in [-0.3, -0.25) is 4.79 Å². The number of carboxylic acid groups (broad SMARTS) is 1. The van der Waals surface area contributed by atoms with Gasteiger partial charge in [-0.2, -0.15) is 9.64 Å². The van der Waals surface area contributed by atoms with E-state index < -0.39 is 5.97 Å². The van der Waals surface area contributed by atoms with Crippen LogP contribution in [0.2, 0.25) is 0 Å². The second kappa shape index (κ2) is 5.38. The van der Waals surface area contributed by atoms with E-state index in [2.05, 4.69) is 15.4 Å². The van der Waals surface area contributed by atoms with Crippen LogP contribution in [-0.2, 0) is 11.2 Å². The Labute approximate surface area is 108 Å². The van der Waals surface area contributed by atoms with Crippen molar-refractivity contribution in [3.63, 3.8) is 0 Å². The molecule has 1 heterocycles. The summed E-state index contributed by atoms with van der Waals surface area (Å²) in [6.45, 7) is 0. The number of hydrogen-bond acceptors (Lipinski definition) is 5. The molecule has 90 valence electrons. The minimum absolute atomic E-state index is 0.0222. The lowest BCUT2D eigenvalue weighted by atomic mass is 10.1. The second-order valence-corrected chi connectivity index (χ2v) is 4.35. The molecule has 0 aliphatic carbocycles. The summed E-state index contributed by atoms with van der Waals surface area (Å²) in [5.41, 5.74) is 1.39. The van der Waals surface area contributed by atoms with Crippen LogP contribution in [0.4, 0.5) is 0 Å². The van der Waals surface area contributed by atoms with Gasteiger partial charge in [0.1, 0.15) is 10.8 Å². The number of carbonyl (C=O) groups is 1. The van der Waals surface area contributed by atoms with Crippen LogP contribution >= 0.6 is 11.5 Å². The highest BCUT2D eigenvalue weighted by Crippen LogP contribution is 2.22. The topological polar surface area (TPSA) is 86.9 Å². The molecule has 0 atom stereocenters. The summed E-state index contributed by atoms with van der Waals surface area (Å²) >= 11 is 1.21. The highest BCUT2D eigenvalue weighted by molar-refractivity contribution is 7.09. The van der Waals surface area contributed by atoms with E-state index in [4.69, 9.17) is 10.4 Å². The molecule has 0 amide bonds. The van der Waals surface area contributed by atoms with Gasteiger partial charge >= 0.3 is 5.97 Å². The first-order valence-electron chi connectivity index (χ1n) is 5.24. The molecule has 1 aromatic heterocycles. The number of nitriles is 1. The lowest BCUT2D eigenvalue weighted by Gasteiger charge is -1.95. The molecule has 0 bridgehead atoms. The van der Waals surface area contributed by atoms with Crippen LogP contribution < -0.4 is 0 Å². The normalized spacial score (nSPS) is 9.94. The van der Waals surface area contributed by atoms with E-state index in [1.165, 1.54) is 11.5 Å². The van der Waals surface area contributed by atoms with Crippen molar-refractivity contribution in [2.45, 2.75) is 12.8 Å². The Balaban J connectivity index is 2.19. The van der Waals surface area contributed by atoms with Crippen LogP contribution in [0.3, 0.4) is 0 Å². The van der Waals surface area contributed by atoms with Crippen molar-refractivity contribution in [2.24, 2.45) is 0 Å². The van der Waals surface area contributed by atoms with Gasteiger partial charge in [-0.25, -0.2) is 4.98 Å². The van der Waals surface area contributed by atoms with Crippen LogP contribution in [0.25, 0.3) is 10.6 Å². The largest absolute Gasteiger partial charge is 0.481 e. The molecule has 2 aromatic rings. The Bertz CT molecular complexity index is 616. The van der Waals surface area contributed by atoms with Crippen LogP contribution in [0.5, 0.6) is 0 Å². The molecular formula is C12H9N3O2S. The number of aromatic nitrogens is 2. The average Bonchev–Trinajstić information content (AvgIpc) is 2.85. The number of carboxylic acids is 1. The smallest absolute Gasteiger partial charge is 0.303 e. The monoisotopic (exact) mass is 259 g/mol. The predicted octanol–water partition coefficient (Wildman–Crippen LogP) is 2.09. The van der Waals surface area contributed by atoms with Crippen molar-refractivity contribution in [3.8, 4) is 16.6 Å². The molecule has 0 aliphatic heterocycles. The van der Waals surface area contributed by atoms with Gasteiger partial charge in [0.15, 0.2) is 0 Å². The van der Waals surface area contributed by atoms with E-state index in [-0.39, 0.29) is 6.42 Å². The van der Waals surface area contributed by atoms with Crippen molar-refractivity contribution in [1.29, 1.82) is 5.26 Å². The fourth-order valence-corrected chi connectivity index (χ4v) is 2.12. The van der Waals surface area contributed by atoms with E-state index in [1.807, 2.05) is 6.07 Å². The molecule has 1 N–H and O–H groups in total. The van der Waals surface area contributed by atoms with Gasteiger partial charge in [-0.15, -0.1) is 0 Å². The zero-order valence-electron chi connectivity index (χ0n) is 9.33. The Kier molecular flexibility index (Phi) is 3.65. The Morgan fingerprint density at radius 1 is 1.50 bits per heavy atom. The third kappa shape index (κ3) is 2.90. The Morgan fingerprint density at radius 2 is 2.33 bits per heavy atom. The molecule has 0 fully saturated rings. The van der Waals surface area contributed by atoms with Crippen LogP contribution in [0.1, 0.15) is 17.8 Å². The molecule has 0 aliphatic rings. The van der Waals surface area contributed by atoms with Crippen LogP contribution in [-0.4, -0.2) is 20.4 Å². The van der Waals surface area contributed by atoms with Crippen molar-refractivity contribution >= 4 is 17.5 Å². The minimum atomic E-state index is -0.863. The third-order valence-corrected chi connectivity index (χ3v) is 3.07. The minimum Gasteiger partial charge on any atom is -0.481 e. The molecule has 2 rings (SSSR count). The summed E-state index contributed by atoms with van der Waals surface area (Å²) in [7, 11) is 0. The second-order valence-electron chi connectivity index (χ2n) is 3.60. The number of rotatable bonds is 4. The zero-order valence-corrected chi connectivity index (χ0v) is 10.1. The molecule has 0 radical (unpaired) electrons. The molecule has 0 saturated carbocycles. The first-order valence-corrected chi connectivity index (χ1v) is 6.01. The van der Waals surface area contributed by atoms with E-state index in [1.54, 1.807) is 18.2 Å². The summed E-state index contributed by atoms with van der Waals surface area (Å²) in [4.78, 5) is 14.7. The Morgan fingerprint density at radius 3 is 3.06 bits per heavy atom. The fourth-order valence-electron chi connectivity index (χ4n) is 1.41. The molecule has 1 aromatic carbocycles. The van der Waals surface area contributed by atoms with E-state index in [0.717, 1.165) is 5.56 Å². The number of hydrogen-bond donors (Lipinski definition) is 1. The summed E-state index contributed by atoms with van der Waals surface area (Å²) in [5.74, 6) is -0.336. The van der Waals surface area contributed by atoms with Gasteiger partial charge in [0.05, 0.1) is 18.1 Å². The SMILES string of the molecule is N#Cc1cccc(-c2nc(CCC(=O)O)ns2)c1. The molecule has 0 saturated heterocycles. The van der Waals surface area contributed by atoms with Gasteiger partial charge in [0, 0.05) is 12.0 Å². The standard InChI is InChI=1S/C12H9N3O2S/c13-7-8-2-1-3-9(6-8)12-14-10(15-18-12)4-5-11(16)17/h1-3,6H,4-5H2,(H,16,17). The predicted molar refractivity (Wildman–Crippen MR) is 66.0 cm³/mol. The maximum absolute atomic E-state index is 10.4. The number of benzene rings is 1. The van der Waals surface area contributed by atoms with Gasteiger partial charge < -0.3 is 5.11 Å². The van der Waals surface area contributed by atoms with Gasteiger partial charge in [-0.05, 0) is 23.7 Å². The number of aliphatic carboxylic acids is 1. The van der Waals surface area contributed by atoms with Crippen LogP contribution in [0, 0.1) is 11.3 Å². The molecular weight excluding hydrogens is 250 g/mol. The quantitative estimate of drug-likeness (QED) is 0.908. The molecule has 5 nitrogen and oxygen atoms in total.